The van der Waals surface area contributed by atoms with Gasteiger partial charge in [0.2, 0.25) is 0 Å². The van der Waals surface area contributed by atoms with E-state index in [1.165, 1.54) is 0 Å². The van der Waals surface area contributed by atoms with Crippen LogP contribution in [0.2, 0.25) is 0 Å². The quantitative estimate of drug-likeness (QED) is 0.292. The fraction of sp³-hybridized carbons (Fsp3) is 0. The highest BCUT2D eigenvalue weighted by Crippen LogP contribution is -0.0193. The van der Waals surface area contributed by atoms with Crippen LogP contribution in [-0.2, 0) is 0 Å². The summed E-state index contributed by atoms with van der Waals surface area (Å²) >= 11 is 0. The summed E-state index contributed by atoms with van der Waals surface area (Å²) in [5.41, 5.74) is 0. The summed E-state index contributed by atoms with van der Waals surface area (Å²) in [7, 11) is 0. The van der Waals surface area contributed by atoms with Gasteiger partial charge in [0, 0.05) is 0 Å². The lowest BCUT2D eigenvalue weighted by Crippen LogP contribution is -3.00. The minimum absolute atomic E-state index is 0. The van der Waals surface area contributed by atoms with Crippen molar-refractivity contribution < 1.29 is 55.0 Å². The first kappa shape index (κ1) is 252. The summed E-state index contributed by atoms with van der Waals surface area (Å²) in [4.78, 5) is 0. The van der Waals surface area contributed by atoms with E-state index in [0.717, 1.165) is 0 Å². The molecule has 0 saturated heterocycles. The van der Waals surface area contributed by atoms with Gasteiger partial charge >= 0.3 is 0 Å². The van der Waals surface area contributed by atoms with Gasteiger partial charge in [0.05, 0.1) is 0 Å². The van der Waals surface area contributed by atoms with E-state index in [0.29, 0.717) is 0 Å². The minimum Gasteiger partial charge on any atom is -1.00 e. The summed E-state index contributed by atoms with van der Waals surface area (Å²) < 4.78 is 0. The van der Waals surface area contributed by atoms with E-state index in [4.69, 9.17) is 0 Å². The van der Waals surface area contributed by atoms with E-state index in [1.807, 2.05) is 0 Å². The second kappa shape index (κ2) is 1030. The van der Waals surface area contributed by atoms with E-state index in [9.17, 15) is 0 Å². The zero-order valence-corrected chi connectivity index (χ0v) is 8.82. The molecule has 0 aliphatic rings. The maximum atomic E-state index is 4.25. The molecule has 0 atom stereocenters. The highest BCUT2D eigenvalue weighted by molar-refractivity contribution is 5.10. The highest BCUT2D eigenvalue weighted by Gasteiger charge is 0.662. The van der Waals surface area contributed by atoms with Crippen LogP contribution in [0.4, 0.5) is 0 Å². The SMILES string of the molecule is C=[NH2+].[Cl-].[Cl-].[Cl-].[Cl-].[NH4+].[NH4+].[NH4+]. The van der Waals surface area contributed by atoms with E-state index in [1.54, 1.807) is 0 Å². The third-order valence-corrected chi connectivity index (χ3v) is 0. The van der Waals surface area contributed by atoms with Crippen molar-refractivity contribution in [3.8, 4) is 0 Å². The molecule has 0 aromatic heterocycles. The molecule has 0 saturated carbocycles. The molecule has 0 bridgehead atoms. The smallest absolute Gasteiger partial charge is 0.123 e. The number of halogens is 4. The molecular formula is CH16Cl4N4. The Morgan fingerprint density at radius 2 is 0.556 bits per heavy atom. The van der Waals surface area contributed by atoms with Crippen LogP contribution in [0.3, 0.4) is 0 Å². The van der Waals surface area contributed by atoms with Crippen LogP contribution in [0.15, 0.2) is 0 Å². The average Bonchev–Trinajstić information content (AvgIpc) is 1.00. The van der Waals surface area contributed by atoms with Crippen LogP contribution in [0, 0.1) is 0 Å². The van der Waals surface area contributed by atoms with Crippen molar-refractivity contribution in [3.63, 3.8) is 0 Å². The van der Waals surface area contributed by atoms with Gasteiger partial charge in [0.15, 0.2) is 0 Å². The molecule has 0 amide bonds. The fourth-order valence-electron chi connectivity index (χ4n) is 0. The molecule has 14 N–H and O–H groups in total. The lowest BCUT2D eigenvalue weighted by molar-refractivity contribution is -0.0980. The number of quaternary nitrogens is 3. The predicted molar refractivity (Wildman–Crippen MR) is 27.0 cm³/mol. The van der Waals surface area contributed by atoms with Crippen LogP contribution in [0.1, 0.15) is 0 Å². The Bertz CT molecular complexity index is 12.5. The molecule has 0 spiro atoms. The van der Waals surface area contributed by atoms with Gasteiger partial charge in [0.25, 0.3) is 0 Å². The molecule has 0 radical (unpaired) electrons. The molecule has 0 aliphatic carbocycles. The molecule has 0 unspecified atom stereocenters. The Kier molecular flexibility index (Phi) is 28700. The maximum Gasteiger partial charge on any atom is 0.123 e. The van der Waals surface area contributed by atoms with Crippen molar-refractivity contribution >= 4 is 6.72 Å². The zero-order valence-electron chi connectivity index (χ0n) is 5.80. The van der Waals surface area contributed by atoms with Gasteiger partial charge in [-0.05, 0) is 0 Å². The summed E-state index contributed by atoms with van der Waals surface area (Å²) in [5, 5.41) is 4.25. The molecule has 0 fully saturated rings. The normalized spacial score (nSPS) is 0.444. The van der Waals surface area contributed by atoms with Gasteiger partial charge < -0.3 is 68.1 Å². The van der Waals surface area contributed by atoms with Crippen LogP contribution < -0.4 is 73.5 Å². The Labute approximate surface area is 80.4 Å². The lowest BCUT2D eigenvalue weighted by atomic mass is 11.8. The number of rotatable bonds is 0. The maximum absolute atomic E-state index is 4.25. The summed E-state index contributed by atoms with van der Waals surface area (Å²) in [6, 6.07) is 0. The number of hydrogen-bond acceptors (Lipinski definition) is 0. The van der Waals surface area contributed by atoms with Gasteiger partial charge in [-0.1, -0.05) is 0 Å². The van der Waals surface area contributed by atoms with Gasteiger partial charge in [0.1, 0.15) is 6.72 Å². The molecular weight excluding hydrogens is 210 g/mol. The molecule has 0 aromatic rings. The second-order valence-electron chi connectivity index (χ2n) is 0. The standard InChI is InChI=1S/CH3N.4ClH.3H3N/c1-2;;;;;;;/h2H,1H2;4*1H;3*1H3. The first-order chi connectivity index (χ1) is 1.00. The Hall–Kier alpha value is 0.710. The van der Waals surface area contributed by atoms with Crippen molar-refractivity contribution in [2.45, 2.75) is 0 Å². The van der Waals surface area contributed by atoms with Crippen molar-refractivity contribution in [1.29, 1.82) is 0 Å². The largest absolute Gasteiger partial charge is 1.00 e. The van der Waals surface area contributed by atoms with Gasteiger partial charge in [-0.15, -0.1) is 0 Å². The van der Waals surface area contributed by atoms with Crippen LogP contribution in [0.5, 0.6) is 0 Å². The van der Waals surface area contributed by atoms with Crippen LogP contribution >= 0.6 is 0 Å². The van der Waals surface area contributed by atoms with Crippen LogP contribution in [-0.4, -0.2) is 6.72 Å². The highest BCUT2D eigenvalue weighted by atomic mass is 35.5. The van der Waals surface area contributed by atoms with E-state index >= 15 is 0 Å². The molecule has 0 heterocycles. The third-order valence-electron chi connectivity index (χ3n) is 0. The monoisotopic (exact) mass is 224 g/mol. The molecule has 8 heteroatoms. The summed E-state index contributed by atoms with van der Waals surface area (Å²) in [6.45, 7) is 2.75. The topological polar surface area (TPSA) is 135 Å². The number of hydrogen-bond donors (Lipinski definition) is 4. The van der Waals surface area contributed by atoms with Crippen molar-refractivity contribution in [1.82, 2.24) is 18.5 Å². The van der Waals surface area contributed by atoms with E-state index in [-0.39, 0.29) is 68.1 Å². The number of nitrogens with two attached hydrogens (primary N) is 1. The first-order valence-corrected chi connectivity index (χ1v) is 0.408. The first-order valence-electron chi connectivity index (χ1n) is 0.408. The average molecular weight is 226 g/mol. The Morgan fingerprint density at radius 3 is 0.556 bits per heavy atom. The minimum atomic E-state index is 0. The van der Waals surface area contributed by atoms with Crippen molar-refractivity contribution in [2.24, 2.45) is 0 Å². The molecule has 4 nitrogen and oxygen atoms in total. The van der Waals surface area contributed by atoms with E-state index in [2.05, 4.69) is 12.1 Å². The molecule has 9 heavy (non-hydrogen) atoms. The third kappa shape index (κ3) is 778. The van der Waals surface area contributed by atoms with Gasteiger partial charge in [-0.2, -0.15) is 0 Å². The second-order valence-corrected chi connectivity index (χ2v) is 0. The van der Waals surface area contributed by atoms with Gasteiger partial charge in [-0.25, -0.2) is 0 Å². The Morgan fingerprint density at radius 1 is 0.556 bits per heavy atom. The van der Waals surface area contributed by atoms with E-state index < -0.39 is 0 Å². The predicted octanol–water partition coefficient (Wildman–Crippen LogP) is -12.4. The molecule has 0 aromatic carbocycles. The summed E-state index contributed by atoms with van der Waals surface area (Å²) in [6.07, 6.45) is 0. The molecule has 0 rings (SSSR count). The van der Waals surface area contributed by atoms with Gasteiger partial charge in [-0.3, -0.25) is 5.41 Å². The molecule has 0 aliphatic heterocycles. The van der Waals surface area contributed by atoms with Crippen LogP contribution in [0.25, 0.3) is 0 Å². The fourth-order valence-corrected chi connectivity index (χ4v) is 0. The van der Waals surface area contributed by atoms with Crippen molar-refractivity contribution in [3.05, 3.63) is 0 Å². The Balaban J connectivity index is -0.000000000238. The zero-order chi connectivity index (χ0) is 2.00. The van der Waals surface area contributed by atoms with Crippen molar-refractivity contribution in [2.75, 3.05) is 0 Å². The lowest BCUT2D eigenvalue weighted by Gasteiger charge is -1.00. The summed E-state index contributed by atoms with van der Waals surface area (Å²) in [5.74, 6) is 0. The molecule has 68 valence electrons.